The Balaban J connectivity index is 1.44. The van der Waals surface area contributed by atoms with Gasteiger partial charge >= 0.3 is 0 Å². The monoisotopic (exact) mass is 390 g/mol. The molecule has 1 aliphatic rings. The van der Waals surface area contributed by atoms with Gasteiger partial charge in [0.25, 0.3) is 11.6 Å². The van der Waals surface area contributed by atoms with Crippen molar-refractivity contribution in [3.05, 3.63) is 76.2 Å². The number of nitrogens with zero attached hydrogens (tertiary/aromatic N) is 2. The Morgan fingerprint density at radius 2 is 1.93 bits per heavy atom. The first-order valence-corrected chi connectivity index (χ1v) is 10.1. The average Bonchev–Trinajstić information content (AvgIpc) is 3.13. The molecule has 1 unspecified atom stereocenters. The lowest BCUT2D eigenvalue weighted by Gasteiger charge is -2.13. The van der Waals surface area contributed by atoms with E-state index in [-0.39, 0.29) is 11.7 Å². The van der Waals surface area contributed by atoms with Gasteiger partial charge in [-0.1, -0.05) is 57.2 Å². The largest absolute Gasteiger partial charge is 0.490 e. The minimum absolute atomic E-state index is 0.165. The summed E-state index contributed by atoms with van der Waals surface area (Å²) in [6.07, 6.45) is 2.34. The fourth-order valence-corrected chi connectivity index (χ4v) is 3.51. The number of ether oxygens (including phenoxy) is 2. The molecule has 1 aliphatic heterocycles. The Morgan fingerprint density at radius 3 is 2.69 bits per heavy atom. The lowest BCUT2D eigenvalue weighted by atomic mass is 9.97. The molecule has 0 spiro atoms. The number of benzene rings is 2. The normalized spacial score (nSPS) is 15.2. The molecule has 0 fully saturated rings. The van der Waals surface area contributed by atoms with Crippen molar-refractivity contribution in [2.24, 2.45) is 0 Å². The van der Waals surface area contributed by atoms with E-state index in [2.05, 4.69) is 55.2 Å². The SMILES string of the molecule is CCc1cn2c(nc1=O)OC(COc1cccc(-c3cccc(C(C)C)c3)c1)C2. The van der Waals surface area contributed by atoms with Crippen LogP contribution in [-0.4, -0.2) is 22.3 Å². The lowest BCUT2D eigenvalue weighted by molar-refractivity contribution is 0.143. The summed E-state index contributed by atoms with van der Waals surface area (Å²) >= 11 is 0. The molecule has 1 atom stereocenters. The van der Waals surface area contributed by atoms with Crippen molar-refractivity contribution in [1.29, 1.82) is 0 Å². The molecule has 2 aromatic carbocycles. The van der Waals surface area contributed by atoms with Gasteiger partial charge in [-0.3, -0.25) is 9.36 Å². The number of fused-ring (bicyclic) bond motifs is 1. The van der Waals surface area contributed by atoms with Crippen LogP contribution in [0.4, 0.5) is 0 Å². The maximum atomic E-state index is 11.9. The van der Waals surface area contributed by atoms with E-state index >= 15 is 0 Å². The molecule has 0 bridgehead atoms. The van der Waals surface area contributed by atoms with Crippen LogP contribution in [0.5, 0.6) is 11.8 Å². The minimum atomic E-state index is -0.211. The van der Waals surface area contributed by atoms with Crippen LogP contribution in [-0.2, 0) is 13.0 Å². The Hall–Kier alpha value is -3.08. The second-order valence-corrected chi connectivity index (χ2v) is 7.72. The van der Waals surface area contributed by atoms with Gasteiger partial charge in [0.1, 0.15) is 12.4 Å². The third kappa shape index (κ3) is 4.19. The molecule has 0 aliphatic carbocycles. The quantitative estimate of drug-likeness (QED) is 0.625. The molecule has 5 nitrogen and oxygen atoms in total. The van der Waals surface area contributed by atoms with E-state index in [0.717, 1.165) is 11.3 Å². The predicted molar refractivity (Wildman–Crippen MR) is 114 cm³/mol. The Bertz CT molecular complexity index is 1070. The van der Waals surface area contributed by atoms with Crippen molar-refractivity contribution in [2.75, 3.05) is 6.61 Å². The van der Waals surface area contributed by atoms with E-state index in [1.165, 1.54) is 11.1 Å². The number of aryl methyl sites for hydroxylation is 1. The summed E-state index contributed by atoms with van der Waals surface area (Å²) in [4.78, 5) is 15.9. The summed E-state index contributed by atoms with van der Waals surface area (Å²) in [5, 5.41) is 0. The highest BCUT2D eigenvalue weighted by molar-refractivity contribution is 5.66. The van der Waals surface area contributed by atoms with E-state index in [0.29, 0.717) is 37.1 Å². The number of hydrogen-bond acceptors (Lipinski definition) is 4. The Kier molecular flexibility index (Phi) is 5.38. The second kappa shape index (κ2) is 8.11. The van der Waals surface area contributed by atoms with Gasteiger partial charge in [-0.15, -0.1) is 0 Å². The molecule has 150 valence electrons. The molecule has 4 rings (SSSR count). The molecule has 0 amide bonds. The zero-order valence-corrected chi connectivity index (χ0v) is 17.1. The minimum Gasteiger partial charge on any atom is -0.490 e. The van der Waals surface area contributed by atoms with Gasteiger partial charge < -0.3 is 9.47 Å². The standard InChI is InChI=1S/C24H26N2O3/c1-4-17-13-26-14-22(29-24(26)25-23(17)27)15-28-21-10-6-9-20(12-21)19-8-5-7-18(11-19)16(2)3/h5-13,16,22H,4,14-15H2,1-3H3. The molecule has 0 N–H and O–H groups in total. The summed E-state index contributed by atoms with van der Waals surface area (Å²) in [6, 6.07) is 17.1. The molecule has 0 saturated carbocycles. The maximum absolute atomic E-state index is 11.9. The average molecular weight is 390 g/mol. The van der Waals surface area contributed by atoms with E-state index in [1.807, 2.05) is 29.8 Å². The first-order chi connectivity index (χ1) is 14.0. The number of aromatic nitrogens is 2. The highest BCUT2D eigenvalue weighted by atomic mass is 16.6. The molecule has 0 radical (unpaired) electrons. The molecule has 29 heavy (non-hydrogen) atoms. The van der Waals surface area contributed by atoms with Gasteiger partial charge in [0.05, 0.1) is 6.54 Å². The van der Waals surface area contributed by atoms with Crippen molar-refractivity contribution in [3.63, 3.8) is 0 Å². The first kappa shape index (κ1) is 19.2. The zero-order valence-electron chi connectivity index (χ0n) is 17.1. The van der Waals surface area contributed by atoms with Gasteiger partial charge in [-0.2, -0.15) is 4.98 Å². The van der Waals surface area contributed by atoms with Crippen LogP contribution >= 0.6 is 0 Å². The molecular weight excluding hydrogens is 364 g/mol. The van der Waals surface area contributed by atoms with Gasteiger partial charge in [0.2, 0.25) is 0 Å². The fraction of sp³-hybridized carbons (Fsp3) is 0.333. The van der Waals surface area contributed by atoms with Gasteiger partial charge in [0.15, 0.2) is 6.10 Å². The maximum Gasteiger partial charge on any atom is 0.300 e. The summed E-state index contributed by atoms with van der Waals surface area (Å²) in [5.74, 6) is 1.29. The van der Waals surface area contributed by atoms with Crippen LogP contribution < -0.4 is 15.0 Å². The zero-order chi connectivity index (χ0) is 20.4. The lowest BCUT2D eigenvalue weighted by Crippen LogP contribution is -2.23. The summed E-state index contributed by atoms with van der Waals surface area (Å²) in [6.45, 7) is 7.38. The second-order valence-electron chi connectivity index (χ2n) is 7.72. The van der Waals surface area contributed by atoms with Crippen LogP contribution in [0.15, 0.2) is 59.5 Å². The van der Waals surface area contributed by atoms with E-state index < -0.39 is 0 Å². The van der Waals surface area contributed by atoms with E-state index in [4.69, 9.17) is 9.47 Å². The van der Waals surface area contributed by atoms with Crippen LogP contribution in [0.1, 0.15) is 37.8 Å². The summed E-state index contributed by atoms with van der Waals surface area (Å²) < 4.78 is 13.7. The molecular formula is C24H26N2O3. The summed E-state index contributed by atoms with van der Waals surface area (Å²) in [5.41, 5.74) is 4.12. The number of hydrogen-bond donors (Lipinski definition) is 0. The fourth-order valence-electron chi connectivity index (χ4n) is 3.51. The molecule has 3 aromatic rings. The van der Waals surface area contributed by atoms with Gasteiger partial charge in [-0.05, 0) is 41.2 Å². The topological polar surface area (TPSA) is 53.4 Å². The van der Waals surface area contributed by atoms with Gasteiger partial charge in [0, 0.05) is 11.8 Å². The van der Waals surface area contributed by atoms with Crippen LogP contribution in [0, 0.1) is 0 Å². The third-order valence-corrected chi connectivity index (χ3v) is 5.24. The van der Waals surface area contributed by atoms with Crippen molar-refractivity contribution in [2.45, 2.75) is 45.8 Å². The summed E-state index contributed by atoms with van der Waals surface area (Å²) in [7, 11) is 0. The highest BCUT2D eigenvalue weighted by Crippen LogP contribution is 2.27. The molecule has 2 heterocycles. The first-order valence-electron chi connectivity index (χ1n) is 10.1. The van der Waals surface area contributed by atoms with Crippen molar-refractivity contribution in [3.8, 4) is 22.9 Å². The van der Waals surface area contributed by atoms with Crippen LogP contribution in [0.25, 0.3) is 11.1 Å². The molecule has 5 heteroatoms. The molecule has 1 aromatic heterocycles. The van der Waals surface area contributed by atoms with Crippen molar-refractivity contribution < 1.29 is 9.47 Å². The van der Waals surface area contributed by atoms with Crippen LogP contribution in [0.2, 0.25) is 0 Å². The third-order valence-electron chi connectivity index (χ3n) is 5.24. The van der Waals surface area contributed by atoms with Crippen molar-refractivity contribution >= 4 is 0 Å². The van der Waals surface area contributed by atoms with Crippen LogP contribution in [0.3, 0.4) is 0 Å². The van der Waals surface area contributed by atoms with E-state index in [1.54, 1.807) is 0 Å². The van der Waals surface area contributed by atoms with Crippen molar-refractivity contribution in [1.82, 2.24) is 9.55 Å². The highest BCUT2D eigenvalue weighted by Gasteiger charge is 2.25. The Labute approximate surface area is 170 Å². The Morgan fingerprint density at radius 1 is 1.17 bits per heavy atom. The number of rotatable bonds is 6. The van der Waals surface area contributed by atoms with Gasteiger partial charge in [-0.25, -0.2) is 0 Å². The predicted octanol–water partition coefficient (Wildman–Crippen LogP) is 4.44. The smallest absolute Gasteiger partial charge is 0.300 e. The molecule has 0 saturated heterocycles. The van der Waals surface area contributed by atoms with E-state index in [9.17, 15) is 4.79 Å².